The highest BCUT2D eigenvalue weighted by molar-refractivity contribution is 6.16. The average molecular weight is 891 g/mol. The molecule has 2 heterocycles. The number of hydrogen-bond acceptors (Lipinski definition) is 2. The summed E-state index contributed by atoms with van der Waals surface area (Å²) in [7, 11) is 0. The van der Waals surface area contributed by atoms with Crippen molar-refractivity contribution in [3.05, 3.63) is 230 Å². The summed E-state index contributed by atoms with van der Waals surface area (Å²) in [5.41, 5.74) is 18.1. The van der Waals surface area contributed by atoms with E-state index in [4.69, 9.17) is 4.42 Å². The van der Waals surface area contributed by atoms with Crippen molar-refractivity contribution in [2.45, 2.75) is 52.4 Å². The number of furan rings is 1. The van der Waals surface area contributed by atoms with Crippen molar-refractivity contribution in [1.82, 2.24) is 4.57 Å². The molecular weight excluding hydrogens is 837 g/mol. The van der Waals surface area contributed by atoms with Gasteiger partial charge in [-0.25, -0.2) is 0 Å². The summed E-state index contributed by atoms with van der Waals surface area (Å²) in [6.45, 7) is 13.9. The molecule has 0 bridgehead atoms. The maximum Gasteiger partial charge on any atom is 0.137 e. The highest BCUT2D eigenvalue weighted by Crippen LogP contribution is 2.49. The summed E-state index contributed by atoms with van der Waals surface area (Å²) < 4.78 is 9.04. The van der Waals surface area contributed by atoms with Crippen LogP contribution < -0.4 is 4.90 Å². The van der Waals surface area contributed by atoms with Gasteiger partial charge < -0.3 is 13.9 Å². The van der Waals surface area contributed by atoms with Crippen molar-refractivity contribution < 1.29 is 4.42 Å². The third-order valence-electron chi connectivity index (χ3n) is 14.1. The first-order valence-electron chi connectivity index (χ1n) is 24.2. The Hall–Kier alpha value is -8.14. The summed E-state index contributed by atoms with van der Waals surface area (Å²) in [5.74, 6) is 0. The Balaban J connectivity index is 1.13. The Morgan fingerprint density at radius 3 is 1.75 bits per heavy atom. The van der Waals surface area contributed by atoms with Gasteiger partial charge in [0.2, 0.25) is 0 Å². The van der Waals surface area contributed by atoms with E-state index in [2.05, 4.69) is 269 Å². The van der Waals surface area contributed by atoms with Crippen LogP contribution in [0, 0.1) is 0 Å². The van der Waals surface area contributed by atoms with Crippen LogP contribution in [0.25, 0.3) is 93.6 Å². The van der Waals surface area contributed by atoms with E-state index in [-0.39, 0.29) is 10.8 Å². The highest BCUT2D eigenvalue weighted by atomic mass is 16.3. The molecular formula is C66H54N2O. The number of benzene rings is 10. The Kier molecular flexibility index (Phi) is 9.97. The van der Waals surface area contributed by atoms with Crippen LogP contribution in [0.5, 0.6) is 0 Å². The molecule has 0 fully saturated rings. The molecule has 0 atom stereocenters. The molecule has 10 aromatic carbocycles. The molecule has 2 aromatic heterocycles. The lowest BCUT2D eigenvalue weighted by molar-refractivity contribution is 0.569. The van der Waals surface area contributed by atoms with Crippen LogP contribution in [0.2, 0.25) is 0 Å². The molecule has 12 aromatic rings. The standard InChI is InChI=1S/C66H54N2O/c1-65(2,3)46-39-45(40-47(42-46)66(4,5)6)50-30-17-21-43-22-18-32-54(62(43)50)52-27-10-13-34-57(52)67(59-36-20-38-61-63(59)56-29-12-15-37-60(56)69-61)49-26-16-23-44(41-49)51-31-19-33-55-53-28-11-14-35-58(53)68(64(51)55)48-24-8-7-9-25-48/h7-42H,1-6H3. The second-order valence-electron chi connectivity index (χ2n) is 20.5. The van der Waals surface area contributed by atoms with E-state index in [1.807, 2.05) is 0 Å². The smallest absolute Gasteiger partial charge is 0.137 e. The SMILES string of the molecule is CC(C)(C)c1cc(-c2cccc3cccc(-c4ccccc4N(c4cccc(-c5cccc6c7ccccc7n(-c7ccccc7)c56)c4)c4cccc5oc6ccccc6c45)c23)cc(C(C)(C)C)c1. The molecule has 0 spiro atoms. The fourth-order valence-electron chi connectivity index (χ4n) is 10.6. The number of nitrogens with zero attached hydrogens (tertiary/aromatic N) is 2. The topological polar surface area (TPSA) is 21.3 Å². The summed E-state index contributed by atoms with van der Waals surface area (Å²) in [5, 5.41) is 7.06. The minimum Gasteiger partial charge on any atom is -0.456 e. The van der Waals surface area contributed by atoms with E-state index in [0.29, 0.717) is 0 Å². The fourth-order valence-corrected chi connectivity index (χ4v) is 10.6. The van der Waals surface area contributed by atoms with E-state index >= 15 is 0 Å². The van der Waals surface area contributed by atoms with Crippen LogP contribution in [0.3, 0.4) is 0 Å². The van der Waals surface area contributed by atoms with Gasteiger partial charge in [0.25, 0.3) is 0 Å². The van der Waals surface area contributed by atoms with Crippen molar-refractivity contribution >= 4 is 71.6 Å². The Bertz CT molecular complexity index is 3890. The van der Waals surface area contributed by atoms with Crippen molar-refractivity contribution in [2.75, 3.05) is 4.90 Å². The molecule has 0 aliphatic carbocycles. The molecule has 0 aliphatic rings. The Morgan fingerprint density at radius 1 is 0.391 bits per heavy atom. The molecule has 0 unspecified atom stereocenters. The first kappa shape index (κ1) is 42.2. The Morgan fingerprint density at radius 2 is 0.971 bits per heavy atom. The van der Waals surface area contributed by atoms with Crippen molar-refractivity contribution in [3.63, 3.8) is 0 Å². The summed E-state index contributed by atoms with van der Waals surface area (Å²) in [6.07, 6.45) is 0. The number of hydrogen-bond donors (Lipinski definition) is 0. The number of anilines is 3. The number of fused-ring (bicyclic) bond motifs is 7. The van der Waals surface area contributed by atoms with E-state index in [9.17, 15) is 0 Å². The second kappa shape index (κ2) is 16.3. The molecule has 3 heteroatoms. The van der Waals surface area contributed by atoms with Gasteiger partial charge in [-0.3, -0.25) is 0 Å². The van der Waals surface area contributed by atoms with Crippen LogP contribution >= 0.6 is 0 Å². The molecule has 0 aliphatic heterocycles. The van der Waals surface area contributed by atoms with Gasteiger partial charge >= 0.3 is 0 Å². The van der Waals surface area contributed by atoms with Crippen molar-refractivity contribution in [1.29, 1.82) is 0 Å². The van der Waals surface area contributed by atoms with E-state index < -0.39 is 0 Å². The van der Waals surface area contributed by atoms with Gasteiger partial charge in [-0.15, -0.1) is 0 Å². The van der Waals surface area contributed by atoms with Crippen molar-refractivity contribution in [3.8, 4) is 39.1 Å². The maximum atomic E-state index is 6.62. The third-order valence-corrected chi connectivity index (χ3v) is 14.1. The lowest BCUT2D eigenvalue weighted by Gasteiger charge is -2.29. The van der Waals surface area contributed by atoms with Gasteiger partial charge in [0.15, 0.2) is 0 Å². The molecule has 0 saturated carbocycles. The minimum atomic E-state index is -0.0209. The number of para-hydroxylation sites is 5. The number of aromatic nitrogens is 1. The molecule has 12 rings (SSSR count). The van der Waals surface area contributed by atoms with Crippen molar-refractivity contribution in [2.24, 2.45) is 0 Å². The normalized spacial score (nSPS) is 12.2. The number of rotatable bonds is 7. The molecule has 334 valence electrons. The lowest BCUT2D eigenvalue weighted by Crippen LogP contribution is -2.16. The largest absolute Gasteiger partial charge is 0.456 e. The molecule has 3 nitrogen and oxygen atoms in total. The van der Waals surface area contributed by atoms with Crippen LogP contribution in [0.15, 0.2) is 223 Å². The molecule has 69 heavy (non-hydrogen) atoms. The first-order valence-corrected chi connectivity index (χ1v) is 24.2. The molecule has 0 radical (unpaired) electrons. The zero-order chi connectivity index (χ0) is 47.0. The van der Waals surface area contributed by atoms with Gasteiger partial charge in [-0.05, 0) is 110 Å². The van der Waals surface area contributed by atoms with Crippen LogP contribution in [-0.2, 0) is 10.8 Å². The minimum absolute atomic E-state index is 0.0209. The molecule has 0 saturated heterocycles. The zero-order valence-electron chi connectivity index (χ0n) is 40.1. The van der Waals surface area contributed by atoms with Gasteiger partial charge in [0, 0.05) is 38.7 Å². The zero-order valence-corrected chi connectivity index (χ0v) is 40.1. The summed E-state index contributed by atoms with van der Waals surface area (Å²) >= 11 is 0. The average Bonchev–Trinajstić information content (AvgIpc) is 3.93. The van der Waals surface area contributed by atoms with E-state index in [1.54, 1.807) is 0 Å². The third kappa shape index (κ3) is 7.20. The second-order valence-corrected chi connectivity index (χ2v) is 20.5. The van der Waals surface area contributed by atoms with Crippen LogP contribution in [0.1, 0.15) is 52.7 Å². The van der Waals surface area contributed by atoms with Gasteiger partial charge in [-0.1, -0.05) is 205 Å². The quantitative estimate of drug-likeness (QED) is 0.159. The summed E-state index contributed by atoms with van der Waals surface area (Å²) in [6, 6.07) is 80.1. The van der Waals surface area contributed by atoms with Gasteiger partial charge in [-0.2, -0.15) is 0 Å². The fraction of sp³-hybridized carbons (Fsp3) is 0.121. The molecule has 0 amide bonds. The molecule has 0 N–H and O–H groups in total. The van der Waals surface area contributed by atoms with Gasteiger partial charge in [0.05, 0.1) is 27.8 Å². The van der Waals surface area contributed by atoms with Crippen LogP contribution in [0.4, 0.5) is 17.1 Å². The summed E-state index contributed by atoms with van der Waals surface area (Å²) in [4.78, 5) is 2.47. The highest BCUT2D eigenvalue weighted by Gasteiger charge is 2.26. The first-order chi connectivity index (χ1) is 33.5. The van der Waals surface area contributed by atoms with Crippen LogP contribution in [-0.4, -0.2) is 4.57 Å². The van der Waals surface area contributed by atoms with Gasteiger partial charge in [0.1, 0.15) is 11.2 Å². The van der Waals surface area contributed by atoms with E-state index in [1.165, 1.54) is 66.0 Å². The monoisotopic (exact) mass is 890 g/mol. The lowest BCUT2D eigenvalue weighted by atomic mass is 9.78. The van der Waals surface area contributed by atoms with E-state index in [0.717, 1.165) is 55.8 Å². The predicted molar refractivity (Wildman–Crippen MR) is 294 cm³/mol. The predicted octanol–water partition coefficient (Wildman–Crippen LogP) is 18.9. The maximum absolute atomic E-state index is 6.62. The Labute approximate surface area is 404 Å².